The number of carboxylic acids is 1. The molecule has 2 unspecified atom stereocenters. The van der Waals surface area contributed by atoms with Gasteiger partial charge in [-0.15, -0.1) is 0 Å². The molecule has 2 aromatic rings. The van der Waals surface area contributed by atoms with E-state index in [0.29, 0.717) is 12.0 Å². The number of carboxylic acid groups (broad SMARTS) is 1. The fraction of sp³-hybridized carbons (Fsp3) is 0.375. The van der Waals surface area contributed by atoms with Gasteiger partial charge in [0.25, 0.3) is 5.91 Å². The first kappa shape index (κ1) is 26.0. The van der Waals surface area contributed by atoms with E-state index in [4.69, 9.17) is 25.1 Å². The minimum Gasteiger partial charge on any atom is -0.490 e. The van der Waals surface area contributed by atoms with Crippen molar-refractivity contribution >= 4 is 17.8 Å². The van der Waals surface area contributed by atoms with Crippen LogP contribution in [0.1, 0.15) is 33.5 Å². The molecule has 0 saturated heterocycles. The van der Waals surface area contributed by atoms with E-state index in [0.717, 1.165) is 36.1 Å². The Hall–Kier alpha value is -3.60. The number of carbonyl (C=O) groups is 3. The van der Waals surface area contributed by atoms with Crippen LogP contribution in [0.5, 0.6) is 5.75 Å². The van der Waals surface area contributed by atoms with Gasteiger partial charge in [0.1, 0.15) is 12.4 Å². The van der Waals surface area contributed by atoms with Gasteiger partial charge >= 0.3 is 18.1 Å². The number of carbonyl (C=O) groups excluding carboxylic acids is 2. The fourth-order valence-electron chi connectivity index (χ4n) is 4.04. The number of benzene rings is 2. The molecular weight excluding hydrogens is 469 g/mol. The topological polar surface area (TPSA) is 128 Å². The molecule has 0 fully saturated rings. The van der Waals surface area contributed by atoms with Crippen molar-refractivity contribution in [2.45, 2.75) is 43.4 Å². The first-order valence-electron chi connectivity index (χ1n) is 10.7. The average Bonchev–Trinajstić information content (AvgIpc) is 2.82. The zero-order valence-electron chi connectivity index (χ0n) is 18.9. The molecule has 4 N–H and O–H groups in total. The minimum atomic E-state index is -5.08. The van der Waals surface area contributed by atoms with Crippen molar-refractivity contribution in [3.63, 3.8) is 0 Å². The van der Waals surface area contributed by atoms with E-state index in [1.807, 2.05) is 36.4 Å². The summed E-state index contributed by atoms with van der Waals surface area (Å²) in [7, 11) is 1.32. The van der Waals surface area contributed by atoms with Gasteiger partial charge in [-0.3, -0.25) is 4.79 Å². The molecule has 2 aromatic carbocycles. The number of fused-ring (bicyclic) bond motifs is 2. The molecule has 0 radical (unpaired) electrons. The first-order chi connectivity index (χ1) is 16.4. The van der Waals surface area contributed by atoms with Crippen LogP contribution in [0.15, 0.2) is 42.5 Å². The van der Waals surface area contributed by atoms with Gasteiger partial charge in [0.15, 0.2) is 5.54 Å². The van der Waals surface area contributed by atoms with E-state index in [1.54, 1.807) is 6.07 Å². The molecule has 188 valence electrons. The quantitative estimate of drug-likeness (QED) is 0.559. The molecule has 2 atom stereocenters. The number of aliphatic carboxylic acids is 1. The summed E-state index contributed by atoms with van der Waals surface area (Å²) in [4.78, 5) is 34.5. The standard InChI is InChI=1S/C22H24N2O4.C2HF3O2/c1-27-21(26)22(12-17-4-2-3-5-19(17)28-13-22)24-20(25)16-7-6-15-11-18(23)9-8-14(15)10-16;3-2(4,5)1(6)7/h2-7,10,18H,8-9,11-13,23H2,1H3,(H,24,25);(H,6,7). The van der Waals surface area contributed by atoms with Gasteiger partial charge in [0.05, 0.1) is 7.11 Å². The predicted octanol–water partition coefficient (Wildman–Crippen LogP) is 2.41. The van der Waals surface area contributed by atoms with Crippen LogP contribution in [0.4, 0.5) is 13.2 Å². The molecular formula is C24H25F3N2O6. The number of amides is 1. The molecule has 1 heterocycles. The molecule has 0 bridgehead atoms. The van der Waals surface area contributed by atoms with Crippen LogP contribution in [-0.2, 0) is 33.6 Å². The smallest absolute Gasteiger partial charge is 0.490 e. The number of halogens is 3. The molecule has 11 heteroatoms. The number of nitrogens with one attached hydrogen (secondary N) is 1. The van der Waals surface area contributed by atoms with Crippen molar-refractivity contribution in [3.05, 3.63) is 64.7 Å². The molecule has 0 aromatic heterocycles. The van der Waals surface area contributed by atoms with Crippen molar-refractivity contribution in [2.24, 2.45) is 5.73 Å². The van der Waals surface area contributed by atoms with Gasteiger partial charge in [0, 0.05) is 18.0 Å². The lowest BCUT2D eigenvalue weighted by molar-refractivity contribution is -0.192. The summed E-state index contributed by atoms with van der Waals surface area (Å²) in [5.41, 5.74) is 8.50. The zero-order chi connectivity index (χ0) is 25.8. The number of methoxy groups -OCH3 is 1. The Labute approximate surface area is 199 Å². The van der Waals surface area contributed by atoms with Gasteiger partial charge < -0.3 is 25.6 Å². The van der Waals surface area contributed by atoms with Crippen LogP contribution in [0, 0.1) is 0 Å². The van der Waals surface area contributed by atoms with Crippen molar-refractivity contribution in [2.75, 3.05) is 13.7 Å². The molecule has 0 spiro atoms. The number of alkyl halides is 3. The normalized spacial score (nSPS) is 20.7. The number of nitrogens with two attached hydrogens (primary N) is 1. The highest BCUT2D eigenvalue weighted by Gasteiger charge is 2.45. The second kappa shape index (κ2) is 10.3. The number of para-hydroxylation sites is 1. The first-order valence-corrected chi connectivity index (χ1v) is 10.7. The number of aryl methyl sites for hydroxylation is 1. The van der Waals surface area contributed by atoms with Crippen LogP contribution in [-0.4, -0.2) is 54.4 Å². The van der Waals surface area contributed by atoms with E-state index in [2.05, 4.69) is 5.32 Å². The van der Waals surface area contributed by atoms with Crippen LogP contribution >= 0.6 is 0 Å². The number of hydrogen-bond donors (Lipinski definition) is 3. The lowest BCUT2D eigenvalue weighted by atomic mass is 9.86. The molecule has 1 aliphatic carbocycles. The lowest BCUT2D eigenvalue weighted by Crippen LogP contribution is -2.61. The van der Waals surface area contributed by atoms with E-state index < -0.39 is 23.7 Å². The molecule has 2 aliphatic rings. The highest BCUT2D eigenvalue weighted by atomic mass is 19.4. The SMILES string of the molecule is COC(=O)C1(NC(=O)c2ccc3c(c2)CCC(N)C3)COc2ccccc2C1.O=C(O)C(F)(F)F. The van der Waals surface area contributed by atoms with Gasteiger partial charge in [-0.25, -0.2) is 9.59 Å². The maximum Gasteiger partial charge on any atom is 0.490 e. The maximum absolute atomic E-state index is 13.0. The predicted molar refractivity (Wildman–Crippen MR) is 118 cm³/mol. The van der Waals surface area contributed by atoms with Crippen molar-refractivity contribution < 1.29 is 42.1 Å². The highest BCUT2D eigenvalue weighted by molar-refractivity contribution is 5.98. The Balaban J connectivity index is 0.000000429. The largest absolute Gasteiger partial charge is 0.490 e. The van der Waals surface area contributed by atoms with Crippen molar-refractivity contribution in [1.29, 1.82) is 0 Å². The second-order valence-corrected chi connectivity index (χ2v) is 8.39. The zero-order valence-corrected chi connectivity index (χ0v) is 18.9. The van der Waals surface area contributed by atoms with Crippen LogP contribution in [0.2, 0.25) is 0 Å². The van der Waals surface area contributed by atoms with Crippen LogP contribution < -0.4 is 15.8 Å². The Morgan fingerprint density at radius 1 is 1.14 bits per heavy atom. The van der Waals surface area contributed by atoms with Crippen molar-refractivity contribution in [1.82, 2.24) is 5.32 Å². The third-order valence-electron chi connectivity index (χ3n) is 5.85. The Kier molecular flexibility index (Phi) is 7.69. The average molecular weight is 494 g/mol. The maximum atomic E-state index is 13.0. The third-order valence-corrected chi connectivity index (χ3v) is 5.85. The lowest BCUT2D eigenvalue weighted by Gasteiger charge is -2.36. The number of ether oxygens (including phenoxy) is 2. The molecule has 0 saturated carbocycles. The number of hydrogen-bond acceptors (Lipinski definition) is 6. The van der Waals surface area contributed by atoms with E-state index in [1.165, 1.54) is 12.7 Å². The van der Waals surface area contributed by atoms with Crippen LogP contribution in [0.3, 0.4) is 0 Å². The monoisotopic (exact) mass is 494 g/mol. The molecule has 1 aliphatic heterocycles. The van der Waals surface area contributed by atoms with Crippen molar-refractivity contribution in [3.8, 4) is 5.75 Å². The highest BCUT2D eigenvalue weighted by Crippen LogP contribution is 2.30. The number of rotatable bonds is 3. The van der Waals surface area contributed by atoms with E-state index >= 15 is 0 Å². The molecule has 1 amide bonds. The van der Waals surface area contributed by atoms with E-state index in [9.17, 15) is 22.8 Å². The van der Waals surface area contributed by atoms with Gasteiger partial charge in [-0.05, 0) is 54.2 Å². The summed E-state index contributed by atoms with van der Waals surface area (Å²) >= 11 is 0. The Bertz CT molecular complexity index is 1120. The fourth-order valence-corrected chi connectivity index (χ4v) is 4.04. The Morgan fingerprint density at radius 2 is 1.83 bits per heavy atom. The van der Waals surface area contributed by atoms with E-state index in [-0.39, 0.29) is 18.6 Å². The molecule has 35 heavy (non-hydrogen) atoms. The van der Waals surface area contributed by atoms with Gasteiger partial charge in [0.2, 0.25) is 0 Å². The second-order valence-electron chi connectivity index (χ2n) is 8.39. The summed E-state index contributed by atoms with van der Waals surface area (Å²) in [5.74, 6) is -2.86. The van der Waals surface area contributed by atoms with Gasteiger partial charge in [-0.1, -0.05) is 24.3 Å². The summed E-state index contributed by atoms with van der Waals surface area (Å²) in [5, 5.41) is 10.0. The minimum absolute atomic E-state index is 0.0300. The third kappa shape index (κ3) is 6.10. The van der Waals surface area contributed by atoms with Gasteiger partial charge in [-0.2, -0.15) is 13.2 Å². The summed E-state index contributed by atoms with van der Waals surface area (Å²) in [6.45, 7) is 0.0300. The van der Waals surface area contributed by atoms with Crippen LogP contribution in [0.25, 0.3) is 0 Å². The molecule has 8 nitrogen and oxygen atoms in total. The summed E-state index contributed by atoms with van der Waals surface area (Å²) < 4.78 is 42.5. The summed E-state index contributed by atoms with van der Waals surface area (Å²) in [6.07, 6.45) is -2.17. The Morgan fingerprint density at radius 3 is 2.49 bits per heavy atom. The summed E-state index contributed by atoms with van der Waals surface area (Å²) in [6, 6.07) is 13.3. The molecule has 4 rings (SSSR count). The number of esters is 1.